The number of amides is 3. The molecule has 3 amide bonds. The highest BCUT2D eigenvalue weighted by molar-refractivity contribution is 6.52. The number of methoxy groups -OCH3 is 1. The second-order valence-corrected chi connectivity index (χ2v) is 8.28. The van der Waals surface area contributed by atoms with E-state index in [2.05, 4.69) is 5.32 Å². The molecule has 8 nitrogen and oxygen atoms in total. The van der Waals surface area contributed by atoms with E-state index in [0.717, 1.165) is 5.56 Å². The molecular weight excluding hydrogens is 470 g/mol. The van der Waals surface area contributed by atoms with E-state index >= 15 is 0 Å². The van der Waals surface area contributed by atoms with E-state index < -0.39 is 17.6 Å². The third-order valence-electron chi connectivity index (χ3n) is 5.67. The van der Waals surface area contributed by atoms with Gasteiger partial charge in [-0.1, -0.05) is 23.7 Å². The molecule has 1 aliphatic heterocycles. The average molecular weight is 492 g/mol. The zero-order valence-electron chi connectivity index (χ0n) is 19.1. The van der Waals surface area contributed by atoms with Crippen LogP contribution in [0.4, 0.5) is 11.4 Å². The van der Waals surface area contributed by atoms with Crippen LogP contribution in [0, 0.1) is 0 Å². The summed E-state index contributed by atoms with van der Waals surface area (Å²) in [6, 6.07) is 18.3. The van der Waals surface area contributed by atoms with E-state index in [9.17, 15) is 19.2 Å². The van der Waals surface area contributed by atoms with Gasteiger partial charge in [-0.3, -0.25) is 24.1 Å². The quantitative estimate of drug-likeness (QED) is 0.510. The fourth-order valence-electron chi connectivity index (χ4n) is 3.86. The summed E-state index contributed by atoms with van der Waals surface area (Å²) in [6.45, 7) is -0.175. The smallest absolute Gasteiger partial charge is 0.299 e. The number of ketones is 1. The van der Waals surface area contributed by atoms with Crippen molar-refractivity contribution in [2.24, 2.45) is 0 Å². The number of halogens is 1. The number of carbonyl (C=O) groups excluding carboxylic acids is 4. The van der Waals surface area contributed by atoms with Gasteiger partial charge in [0, 0.05) is 23.3 Å². The third-order valence-corrected chi connectivity index (χ3v) is 5.91. The second kappa shape index (κ2) is 9.99. The molecule has 0 aromatic heterocycles. The molecule has 35 heavy (non-hydrogen) atoms. The van der Waals surface area contributed by atoms with Crippen LogP contribution in [0.3, 0.4) is 0 Å². The van der Waals surface area contributed by atoms with Gasteiger partial charge in [-0.25, -0.2) is 0 Å². The van der Waals surface area contributed by atoms with Crippen LogP contribution in [-0.4, -0.2) is 44.2 Å². The number of benzene rings is 3. The van der Waals surface area contributed by atoms with E-state index in [-0.39, 0.29) is 24.6 Å². The number of ether oxygens (including phenoxy) is 1. The van der Waals surface area contributed by atoms with Gasteiger partial charge < -0.3 is 15.0 Å². The first kappa shape index (κ1) is 24.0. The summed E-state index contributed by atoms with van der Waals surface area (Å²) < 4.78 is 5.15. The summed E-state index contributed by atoms with van der Waals surface area (Å²) in [5, 5.41) is 3.08. The van der Waals surface area contributed by atoms with Gasteiger partial charge in [-0.2, -0.15) is 0 Å². The lowest BCUT2D eigenvalue weighted by atomic mass is 10.1. The molecule has 3 aromatic rings. The number of Topliss-reactive ketones (excluding diaryl/α,β-unsaturated/α-hetero) is 1. The predicted octanol–water partition coefficient (Wildman–Crippen LogP) is 3.47. The number of fused-ring (bicyclic) bond motifs is 1. The Balaban J connectivity index is 1.66. The van der Waals surface area contributed by atoms with E-state index in [4.69, 9.17) is 16.3 Å². The molecule has 9 heteroatoms. The van der Waals surface area contributed by atoms with Crippen LogP contribution in [0.15, 0.2) is 66.7 Å². The lowest BCUT2D eigenvalue weighted by Crippen LogP contribution is -2.42. The molecule has 1 N–H and O–H groups in total. The maximum atomic E-state index is 13.5. The Bertz CT molecular complexity index is 1320. The number of carbonyl (C=O) groups is 4. The number of nitrogens with one attached hydrogen (secondary N) is 1. The van der Waals surface area contributed by atoms with Crippen molar-refractivity contribution < 1.29 is 23.9 Å². The van der Waals surface area contributed by atoms with Crippen molar-refractivity contribution in [2.45, 2.75) is 6.54 Å². The molecule has 0 saturated heterocycles. The summed E-state index contributed by atoms with van der Waals surface area (Å²) in [6.07, 6.45) is 0. The first-order valence-electron chi connectivity index (χ1n) is 10.7. The molecule has 0 unspecified atom stereocenters. The Morgan fingerprint density at radius 1 is 1.03 bits per heavy atom. The largest absolute Gasteiger partial charge is 0.497 e. The average Bonchev–Trinajstić information content (AvgIpc) is 3.11. The molecular formula is C26H22ClN3O5. The van der Waals surface area contributed by atoms with Crippen molar-refractivity contribution >= 4 is 46.5 Å². The summed E-state index contributed by atoms with van der Waals surface area (Å²) in [7, 11) is 3.00. The maximum Gasteiger partial charge on any atom is 0.299 e. The van der Waals surface area contributed by atoms with E-state index in [0.29, 0.717) is 27.7 Å². The van der Waals surface area contributed by atoms with Gasteiger partial charge in [0.05, 0.1) is 24.9 Å². The van der Waals surface area contributed by atoms with Crippen LogP contribution in [-0.2, 0) is 16.1 Å². The fraction of sp³-hybridized carbons (Fsp3) is 0.154. The van der Waals surface area contributed by atoms with E-state index in [1.807, 2.05) is 6.07 Å². The molecule has 0 saturated carbocycles. The minimum Gasteiger partial charge on any atom is -0.497 e. The zero-order chi connectivity index (χ0) is 25.1. The highest BCUT2D eigenvalue weighted by atomic mass is 35.5. The number of nitrogens with zero attached hydrogens (tertiary/aromatic N) is 2. The van der Waals surface area contributed by atoms with Gasteiger partial charge >= 0.3 is 0 Å². The highest BCUT2D eigenvalue weighted by Gasteiger charge is 2.38. The Hall–Kier alpha value is -4.17. The molecule has 0 atom stereocenters. The first-order chi connectivity index (χ1) is 16.8. The molecule has 178 valence electrons. The molecule has 0 fully saturated rings. The van der Waals surface area contributed by atoms with Gasteiger partial charge in [-0.05, 0) is 60.2 Å². The maximum absolute atomic E-state index is 13.5. The molecule has 0 spiro atoms. The normalized spacial score (nSPS) is 12.4. The topological polar surface area (TPSA) is 96.0 Å². The molecule has 0 radical (unpaired) electrons. The first-order valence-corrected chi connectivity index (χ1v) is 11.1. The summed E-state index contributed by atoms with van der Waals surface area (Å²) in [4.78, 5) is 53.4. The van der Waals surface area contributed by atoms with E-state index in [1.54, 1.807) is 54.6 Å². The van der Waals surface area contributed by atoms with Gasteiger partial charge in [0.1, 0.15) is 12.3 Å². The summed E-state index contributed by atoms with van der Waals surface area (Å²) in [5.41, 5.74) is 2.28. The Kier molecular flexibility index (Phi) is 6.84. The Labute approximate surface area is 207 Å². The number of rotatable bonds is 7. The number of hydrogen-bond donors (Lipinski definition) is 1. The van der Waals surface area contributed by atoms with Gasteiger partial charge in [0.25, 0.3) is 17.6 Å². The number of anilines is 2. The van der Waals surface area contributed by atoms with Crippen molar-refractivity contribution in [1.29, 1.82) is 0 Å². The molecule has 0 aliphatic carbocycles. The van der Waals surface area contributed by atoms with Crippen molar-refractivity contribution in [3.05, 3.63) is 88.4 Å². The minimum atomic E-state index is -0.778. The van der Waals surface area contributed by atoms with Gasteiger partial charge in [0.2, 0.25) is 5.91 Å². The van der Waals surface area contributed by atoms with Crippen molar-refractivity contribution in [3.63, 3.8) is 0 Å². The predicted molar refractivity (Wildman–Crippen MR) is 132 cm³/mol. The zero-order valence-corrected chi connectivity index (χ0v) is 19.8. The van der Waals surface area contributed by atoms with Crippen LogP contribution in [0.5, 0.6) is 5.75 Å². The van der Waals surface area contributed by atoms with Crippen LogP contribution in [0.1, 0.15) is 26.3 Å². The monoisotopic (exact) mass is 491 g/mol. The lowest BCUT2D eigenvalue weighted by molar-refractivity contribution is -0.120. The van der Waals surface area contributed by atoms with Crippen LogP contribution in [0.25, 0.3) is 0 Å². The molecule has 4 rings (SSSR count). The number of hydrogen-bond acceptors (Lipinski definition) is 5. The van der Waals surface area contributed by atoms with E-state index in [1.165, 1.54) is 30.0 Å². The van der Waals surface area contributed by atoms with Crippen molar-refractivity contribution in [1.82, 2.24) is 5.32 Å². The summed E-state index contributed by atoms with van der Waals surface area (Å²) >= 11 is 6.13. The minimum absolute atomic E-state index is 0.171. The molecule has 0 bridgehead atoms. The standard InChI is InChI=1S/C26H22ClN3O5/c1-28-25(33)17-6-8-19(9-7-17)29(14-16-4-3-5-18(27)12-16)23(31)15-30-22-11-10-20(35-2)13-21(22)24(32)26(30)34/h3-13H,14-15H2,1-2H3,(H,28,33). The molecule has 1 aliphatic rings. The Morgan fingerprint density at radius 3 is 2.43 bits per heavy atom. The van der Waals surface area contributed by atoms with Gasteiger partial charge in [0.15, 0.2) is 0 Å². The summed E-state index contributed by atoms with van der Waals surface area (Å²) in [5.74, 6) is -1.70. The lowest BCUT2D eigenvalue weighted by Gasteiger charge is -2.26. The highest BCUT2D eigenvalue weighted by Crippen LogP contribution is 2.32. The van der Waals surface area contributed by atoms with Crippen molar-refractivity contribution in [3.8, 4) is 5.75 Å². The third kappa shape index (κ3) is 4.88. The van der Waals surface area contributed by atoms with Gasteiger partial charge in [-0.15, -0.1) is 0 Å². The van der Waals surface area contributed by atoms with Crippen molar-refractivity contribution in [2.75, 3.05) is 30.5 Å². The Morgan fingerprint density at radius 2 is 1.77 bits per heavy atom. The SMILES string of the molecule is CNC(=O)c1ccc(N(Cc2cccc(Cl)c2)C(=O)CN2C(=O)C(=O)c3cc(OC)ccc32)cc1. The second-order valence-electron chi connectivity index (χ2n) is 7.84. The molecule has 3 aromatic carbocycles. The van der Waals surface area contributed by atoms with Crippen LogP contribution < -0.4 is 19.9 Å². The fourth-order valence-corrected chi connectivity index (χ4v) is 4.08. The molecule has 1 heterocycles. The van der Waals surface area contributed by atoms with Crippen LogP contribution in [0.2, 0.25) is 5.02 Å². The van der Waals surface area contributed by atoms with Crippen LogP contribution >= 0.6 is 11.6 Å².